The van der Waals surface area contributed by atoms with Crippen LogP contribution in [-0.4, -0.2) is 23.8 Å². The Labute approximate surface area is 144 Å². The van der Waals surface area contributed by atoms with E-state index in [1.807, 2.05) is 30.5 Å². The fourth-order valence-corrected chi connectivity index (χ4v) is 3.62. The van der Waals surface area contributed by atoms with Crippen molar-refractivity contribution in [1.82, 2.24) is 4.98 Å². The fourth-order valence-electron chi connectivity index (χ4n) is 1.99. The van der Waals surface area contributed by atoms with Crippen LogP contribution in [0.5, 0.6) is 0 Å². The van der Waals surface area contributed by atoms with E-state index < -0.39 is 0 Å². The maximum atomic E-state index is 11.5. The Morgan fingerprint density at radius 2 is 2.26 bits per heavy atom. The molecule has 4 nitrogen and oxygen atoms in total. The maximum absolute atomic E-state index is 11.5. The number of allylic oxidation sites excluding steroid dienone is 1. The molecule has 6 heteroatoms. The second-order valence-electron chi connectivity index (χ2n) is 5.11. The molecule has 0 unspecified atom stereocenters. The van der Waals surface area contributed by atoms with Crippen LogP contribution in [0.1, 0.15) is 27.2 Å². The van der Waals surface area contributed by atoms with Crippen molar-refractivity contribution >= 4 is 45.7 Å². The number of carbonyl (C=O) groups is 1. The number of aromatic nitrogens is 1. The monoisotopic (exact) mass is 348 g/mol. The number of thiazole rings is 1. The fraction of sp³-hybridized carbons (Fsp3) is 0.353. The van der Waals surface area contributed by atoms with Crippen molar-refractivity contribution in [1.29, 1.82) is 0 Å². The van der Waals surface area contributed by atoms with Gasteiger partial charge in [0, 0.05) is 23.7 Å². The third kappa shape index (κ3) is 5.48. The van der Waals surface area contributed by atoms with Gasteiger partial charge in [-0.2, -0.15) is 0 Å². The molecule has 122 valence electrons. The van der Waals surface area contributed by atoms with Gasteiger partial charge in [0.15, 0.2) is 4.34 Å². The van der Waals surface area contributed by atoms with Gasteiger partial charge in [0.05, 0.1) is 16.8 Å². The lowest BCUT2D eigenvalue weighted by Crippen LogP contribution is -2.06. The van der Waals surface area contributed by atoms with Gasteiger partial charge in [0.25, 0.3) is 0 Å². The summed E-state index contributed by atoms with van der Waals surface area (Å²) < 4.78 is 11.4. The highest BCUT2D eigenvalue weighted by Gasteiger charge is 2.06. The highest BCUT2D eigenvalue weighted by atomic mass is 32.2. The molecule has 1 heterocycles. The van der Waals surface area contributed by atoms with E-state index in [0.29, 0.717) is 12.2 Å². The number of esters is 1. The van der Waals surface area contributed by atoms with Crippen LogP contribution in [0.25, 0.3) is 10.2 Å². The van der Waals surface area contributed by atoms with Crippen LogP contribution in [0, 0.1) is 5.92 Å². The summed E-state index contributed by atoms with van der Waals surface area (Å²) in [5.74, 6) is -0.0146. The number of carbonyl (C=O) groups excluding carboxylic acids is 1. The smallest absolute Gasteiger partial charge is 0.333 e. The first-order chi connectivity index (χ1) is 11.1. The molecule has 0 aliphatic rings. The third-order valence-electron chi connectivity index (χ3n) is 3.09. The zero-order valence-corrected chi connectivity index (χ0v) is 15.1. The summed E-state index contributed by atoms with van der Waals surface area (Å²) in [6.07, 6.45) is 4.57. The van der Waals surface area contributed by atoms with Gasteiger partial charge in [-0.1, -0.05) is 25.1 Å². The minimum atomic E-state index is -0.250. The van der Waals surface area contributed by atoms with Crippen LogP contribution in [0.4, 0.5) is 0 Å². The van der Waals surface area contributed by atoms with Crippen molar-refractivity contribution in [2.75, 3.05) is 6.61 Å². The van der Waals surface area contributed by atoms with Crippen LogP contribution in [0.15, 0.2) is 44.7 Å². The average Bonchev–Trinajstić information content (AvgIpc) is 2.94. The minimum absolute atomic E-state index is 0.235. The molecule has 1 aromatic heterocycles. The Morgan fingerprint density at radius 1 is 1.48 bits per heavy atom. The summed E-state index contributed by atoms with van der Waals surface area (Å²) in [7, 11) is 0. The molecule has 0 aliphatic carbocycles. The van der Waals surface area contributed by atoms with Crippen LogP contribution in [0.3, 0.4) is 0 Å². The molecule has 1 aromatic carbocycles. The first-order valence-electron chi connectivity index (χ1n) is 7.50. The van der Waals surface area contributed by atoms with Gasteiger partial charge in [0.2, 0.25) is 0 Å². The molecule has 2 rings (SSSR count). The van der Waals surface area contributed by atoms with Crippen molar-refractivity contribution in [2.45, 2.75) is 31.5 Å². The van der Waals surface area contributed by atoms with E-state index >= 15 is 0 Å². The van der Waals surface area contributed by atoms with E-state index in [4.69, 9.17) is 4.74 Å². The number of nitrogens with zero attached hydrogens (tertiary/aromatic N) is 2. The van der Waals surface area contributed by atoms with E-state index in [1.54, 1.807) is 25.2 Å². The number of hydrogen-bond acceptors (Lipinski definition) is 6. The molecule has 0 saturated carbocycles. The molecular weight excluding hydrogens is 328 g/mol. The second-order valence-corrected chi connectivity index (χ2v) is 7.18. The van der Waals surface area contributed by atoms with E-state index in [2.05, 4.69) is 22.4 Å². The number of benzene rings is 1. The Bertz CT molecular complexity index is 689. The lowest BCUT2D eigenvalue weighted by Gasteiger charge is -2.05. The van der Waals surface area contributed by atoms with Gasteiger partial charge in [-0.15, -0.1) is 11.3 Å². The Balaban J connectivity index is 1.84. The van der Waals surface area contributed by atoms with Gasteiger partial charge in [-0.3, -0.25) is 0 Å². The van der Waals surface area contributed by atoms with Crippen LogP contribution < -0.4 is 0 Å². The highest BCUT2D eigenvalue weighted by molar-refractivity contribution is 8.00. The van der Waals surface area contributed by atoms with Crippen molar-refractivity contribution in [3.8, 4) is 0 Å². The standard InChI is InChI=1S/C17H20N2O2S2/c1-4-21-16(20)13(3)11-12(2)9-10-18-23-17-19-14-7-5-6-8-15(14)22-17/h5-8,10-12H,4,9H2,1-3H3/b13-11+,18-10+/t12-/m0/s1. The molecule has 1 atom stereocenters. The molecule has 2 aromatic rings. The second kappa shape index (κ2) is 8.84. The van der Waals surface area contributed by atoms with Gasteiger partial charge >= 0.3 is 5.97 Å². The summed E-state index contributed by atoms with van der Waals surface area (Å²) in [6, 6.07) is 8.06. The first-order valence-corrected chi connectivity index (χ1v) is 9.09. The van der Waals surface area contributed by atoms with E-state index in [0.717, 1.165) is 16.3 Å². The van der Waals surface area contributed by atoms with Gasteiger partial charge in [-0.05, 0) is 38.3 Å². The van der Waals surface area contributed by atoms with Crippen molar-refractivity contribution in [2.24, 2.45) is 10.3 Å². The lowest BCUT2D eigenvalue weighted by atomic mass is 10.1. The Morgan fingerprint density at radius 3 is 3.00 bits per heavy atom. The Kier molecular flexibility index (Phi) is 6.80. The summed E-state index contributed by atoms with van der Waals surface area (Å²) in [5.41, 5.74) is 1.66. The van der Waals surface area contributed by atoms with Gasteiger partial charge in [0.1, 0.15) is 0 Å². The normalized spacial score (nSPS) is 13.6. The largest absolute Gasteiger partial charge is 0.463 e. The van der Waals surface area contributed by atoms with Crippen LogP contribution >= 0.6 is 23.3 Å². The summed E-state index contributed by atoms with van der Waals surface area (Å²) in [4.78, 5) is 16.1. The highest BCUT2D eigenvalue weighted by Crippen LogP contribution is 2.29. The number of rotatable bonds is 7. The van der Waals surface area contributed by atoms with E-state index in [-0.39, 0.29) is 11.9 Å². The Hall–Kier alpha value is -1.66. The van der Waals surface area contributed by atoms with Crippen molar-refractivity contribution < 1.29 is 9.53 Å². The quantitative estimate of drug-likeness (QED) is 0.309. The molecule has 0 bridgehead atoms. The number of fused-ring (bicyclic) bond motifs is 1. The third-order valence-corrected chi connectivity index (χ3v) is 4.90. The average molecular weight is 348 g/mol. The maximum Gasteiger partial charge on any atom is 0.333 e. The summed E-state index contributed by atoms with van der Waals surface area (Å²) in [6.45, 7) is 6.04. The molecular formula is C17H20N2O2S2. The summed E-state index contributed by atoms with van der Waals surface area (Å²) >= 11 is 3.03. The molecule has 0 aliphatic heterocycles. The number of para-hydroxylation sites is 1. The predicted molar refractivity (Wildman–Crippen MR) is 98.1 cm³/mol. The summed E-state index contributed by atoms with van der Waals surface area (Å²) in [5, 5.41) is 0. The van der Waals surface area contributed by atoms with Gasteiger partial charge < -0.3 is 4.74 Å². The molecule has 0 spiro atoms. The van der Waals surface area contributed by atoms with Crippen molar-refractivity contribution in [3.05, 3.63) is 35.9 Å². The van der Waals surface area contributed by atoms with Crippen LogP contribution in [-0.2, 0) is 9.53 Å². The molecule has 23 heavy (non-hydrogen) atoms. The number of ether oxygens (including phenoxy) is 1. The molecule has 0 radical (unpaired) electrons. The number of hydrogen-bond donors (Lipinski definition) is 0. The van der Waals surface area contributed by atoms with E-state index in [9.17, 15) is 4.79 Å². The molecule has 0 fully saturated rings. The molecule has 0 N–H and O–H groups in total. The minimum Gasteiger partial charge on any atom is -0.463 e. The molecule has 0 amide bonds. The van der Waals surface area contributed by atoms with E-state index in [1.165, 1.54) is 16.6 Å². The SMILES string of the molecule is CCOC(=O)/C(C)=C/[C@@H](C)C/C=N/Sc1nc2ccccc2s1. The topological polar surface area (TPSA) is 51.5 Å². The molecule has 0 saturated heterocycles. The first kappa shape index (κ1) is 17.7. The lowest BCUT2D eigenvalue weighted by molar-refractivity contribution is -0.138. The zero-order valence-electron chi connectivity index (χ0n) is 13.5. The zero-order chi connectivity index (χ0) is 16.7. The van der Waals surface area contributed by atoms with Crippen LogP contribution in [0.2, 0.25) is 0 Å². The van der Waals surface area contributed by atoms with Gasteiger partial charge in [-0.25, -0.2) is 14.2 Å². The van der Waals surface area contributed by atoms with Crippen molar-refractivity contribution in [3.63, 3.8) is 0 Å². The predicted octanol–water partition coefficient (Wildman–Crippen LogP) is 4.91.